The Morgan fingerprint density at radius 2 is 2.20 bits per heavy atom. The molecule has 1 saturated heterocycles. The first-order chi connectivity index (χ1) is 9.54. The van der Waals surface area contributed by atoms with Gasteiger partial charge in [-0.05, 0) is 25.0 Å². The molecule has 1 aliphatic heterocycles. The highest BCUT2D eigenvalue weighted by Gasteiger charge is 2.30. The number of carbonyl (C=O) groups excluding carboxylic acids is 2. The van der Waals surface area contributed by atoms with Crippen molar-refractivity contribution in [1.82, 2.24) is 4.90 Å². The molecule has 1 aliphatic rings. The van der Waals surface area contributed by atoms with Gasteiger partial charge in [0.25, 0.3) is 5.91 Å². The summed E-state index contributed by atoms with van der Waals surface area (Å²) >= 11 is 6.07. The lowest BCUT2D eigenvalue weighted by atomic mass is 9.97. The zero-order valence-corrected chi connectivity index (χ0v) is 12.0. The minimum absolute atomic E-state index is 0.198. The van der Waals surface area contributed by atoms with Gasteiger partial charge in [-0.25, -0.2) is 0 Å². The first kappa shape index (κ1) is 14.7. The molecule has 1 amide bonds. The van der Waals surface area contributed by atoms with Gasteiger partial charge in [-0.2, -0.15) is 0 Å². The van der Waals surface area contributed by atoms with E-state index in [1.807, 2.05) is 0 Å². The Labute approximate surface area is 122 Å². The van der Waals surface area contributed by atoms with Crippen LogP contribution in [0.2, 0.25) is 5.02 Å². The molecule has 2 N–H and O–H groups in total. The van der Waals surface area contributed by atoms with E-state index in [1.54, 1.807) is 23.1 Å². The Kier molecular flexibility index (Phi) is 4.49. The molecule has 0 aliphatic carbocycles. The van der Waals surface area contributed by atoms with Crippen molar-refractivity contribution in [3.63, 3.8) is 0 Å². The van der Waals surface area contributed by atoms with Gasteiger partial charge in [0.2, 0.25) is 0 Å². The Balaban J connectivity index is 2.16. The van der Waals surface area contributed by atoms with E-state index in [4.69, 9.17) is 22.1 Å². The number of anilines is 1. The number of piperidine rings is 1. The number of nitrogens with two attached hydrogens (primary N) is 1. The van der Waals surface area contributed by atoms with Gasteiger partial charge in [-0.3, -0.25) is 9.59 Å². The van der Waals surface area contributed by atoms with E-state index in [9.17, 15) is 9.59 Å². The van der Waals surface area contributed by atoms with E-state index in [0.717, 1.165) is 12.8 Å². The highest BCUT2D eigenvalue weighted by Crippen LogP contribution is 2.26. The van der Waals surface area contributed by atoms with Gasteiger partial charge < -0.3 is 15.4 Å². The Bertz CT molecular complexity index is 533. The molecule has 0 bridgehead atoms. The SMILES string of the molecule is COC(=O)C1CCCN(C(=O)c2cccc(N)c2Cl)C1. The standard InChI is InChI=1S/C14H17ClN2O3/c1-20-14(19)9-4-3-7-17(8-9)13(18)10-5-2-6-11(16)12(10)15/h2,5-6,9H,3-4,7-8,16H2,1H3. The number of hydrogen-bond donors (Lipinski definition) is 1. The molecule has 1 aromatic rings. The van der Waals surface area contributed by atoms with Crippen molar-refractivity contribution in [2.75, 3.05) is 25.9 Å². The number of hydrogen-bond acceptors (Lipinski definition) is 4. The van der Waals surface area contributed by atoms with E-state index >= 15 is 0 Å². The number of nitrogens with zero attached hydrogens (tertiary/aromatic N) is 1. The largest absolute Gasteiger partial charge is 0.469 e. The van der Waals surface area contributed by atoms with Gasteiger partial charge in [-0.1, -0.05) is 17.7 Å². The maximum atomic E-state index is 12.5. The number of benzene rings is 1. The molecular formula is C14H17ClN2O3. The third-order valence-corrected chi connectivity index (χ3v) is 3.92. The maximum absolute atomic E-state index is 12.5. The predicted octanol–water partition coefficient (Wildman–Crippen LogP) is 1.95. The summed E-state index contributed by atoms with van der Waals surface area (Å²) in [6, 6.07) is 4.98. The molecule has 2 rings (SSSR count). The van der Waals surface area contributed by atoms with Crippen molar-refractivity contribution in [3.8, 4) is 0 Å². The molecule has 1 aromatic carbocycles. The number of halogens is 1. The average Bonchev–Trinajstić information content (AvgIpc) is 2.48. The number of amides is 1. The summed E-state index contributed by atoms with van der Waals surface area (Å²) in [7, 11) is 1.36. The van der Waals surface area contributed by atoms with Gasteiger partial charge in [-0.15, -0.1) is 0 Å². The van der Waals surface area contributed by atoms with Crippen molar-refractivity contribution in [1.29, 1.82) is 0 Å². The van der Waals surface area contributed by atoms with Crippen molar-refractivity contribution in [2.45, 2.75) is 12.8 Å². The average molecular weight is 297 g/mol. The first-order valence-corrected chi connectivity index (χ1v) is 6.83. The minimum atomic E-state index is -0.277. The fourth-order valence-corrected chi connectivity index (χ4v) is 2.61. The normalized spacial score (nSPS) is 18.7. The summed E-state index contributed by atoms with van der Waals surface area (Å²) in [6.07, 6.45) is 1.51. The van der Waals surface area contributed by atoms with E-state index in [0.29, 0.717) is 24.3 Å². The van der Waals surface area contributed by atoms with Gasteiger partial charge >= 0.3 is 5.97 Å². The zero-order valence-electron chi connectivity index (χ0n) is 11.3. The van der Waals surface area contributed by atoms with Crippen LogP contribution in [-0.2, 0) is 9.53 Å². The van der Waals surface area contributed by atoms with Crippen LogP contribution in [-0.4, -0.2) is 37.0 Å². The number of likely N-dealkylation sites (tertiary alicyclic amines) is 1. The van der Waals surface area contributed by atoms with Crippen LogP contribution in [0.25, 0.3) is 0 Å². The van der Waals surface area contributed by atoms with Crippen LogP contribution >= 0.6 is 11.6 Å². The Morgan fingerprint density at radius 1 is 1.45 bits per heavy atom. The highest BCUT2D eigenvalue weighted by atomic mass is 35.5. The molecule has 1 fully saturated rings. The van der Waals surface area contributed by atoms with Gasteiger partial charge in [0, 0.05) is 13.1 Å². The van der Waals surface area contributed by atoms with Crippen LogP contribution in [0, 0.1) is 5.92 Å². The number of ether oxygens (including phenoxy) is 1. The van der Waals surface area contributed by atoms with E-state index in [1.165, 1.54) is 7.11 Å². The maximum Gasteiger partial charge on any atom is 0.310 e. The molecule has 1 unspecified atom stereocenters. The first-order valence-electron chi connectivity index (χ1n) is 6.45. The molecule has 0 aromatic heterocycles. The summed E-state index contributed by atoms with van der Waals surface area (Å²) in [5.74, 6) is -0.741. The number of rotatable bonds is 2. The number of nitrogen functional groups attached to an aromatic ring is 1. The Hall–Kier alpha value is -1.75. The lowest BCUT2D eigenvalue weighted by Gasteiger charge is -2.31. The van der Waals surface area contributed by atoms with Crippen LogP contribution in [0.4, 0.5) is 5.69 Å². The Morgan fingerprint density at radius 3 is 2.90 bits per heavy atom. The molecule has 0 spiro atoms. The third-order valence-electron chi connectivity index (χ3n) is 3.50. The molecule has 6 heteroatoms. The van der Waals surface area contributed by atoms with Gasteiger partial charge in [0.15, 0.2) is 0 Å². The van der Waals surface area contributed by atoms with E-state index in [2.05, 4.69) is 0 Å². The van der Waals surface area contributed by atoms with Crippen molar-refractivity contribution < 1.29 is 14.3 Å². The smallest absolute Gasteiger partial charge is 0.310 e. The van der Waals surface area contributed by atoms with Gasteiger partial charge in [0.1, 0.15) is 0 Å². The summed E-state index contributed by atoms with van der Waals surface area (Å²) in [5, 5.41) is 0.262. The second-order valence-corrected chi connectivity index (χ2v) is 5.20. The zero-order chi connectivity index (χ0) is 14.7. The molecule has 1 heterocycles. The van der Waals surface area contributed by atoms with Crippen LogP contribution in [0.15, 0.2) is 18.2 Å². The summed E-state index contributed by atoms with van der Waals surface area (Å²) in [4.78, 5) is 25.7. The summed E-state index contributed by atoms with van der Waals surface area (Å²) < 4.78 is 4.74. The molecule has 0 saturated carbocycles. The number of esters is 1. The lowest BCUT2D eigenvalue weighted by molar-refractivity contribution is -0.146. The fourth-order valence-electron chi connectivity index (χ4n) is 2.41. The quantitative estimate of drug-likeness (QED) is 0.669. The predicted molar refractivity (Wildman–Crippen MR) is 76.5 cm³/mol. The van der Waals surface area contributed by atoms with Gasteiger partial charge in [0.05, 0.1) is 29.3 Å². The fraction of sp³-hybridized carbons (Fsp3) is 0.429. The molecule has 0 radical (unpaired) electrons. The van der Waals surface area contributed by atoms with Crippen LogP contribution in [0.3, 0.4) is 0 Å². The monoisotopic (exact) mass is 296 g/mol. The lowest BCUT2D eigenvalue weighted by Crippen LogP contribution is -2.42. The topological polar surface area (TPSA) is 72.6 Å². The number of carbonyl (C=O) groups is 2. The molecule has 20 heavy (non-hydrogen) atoms. The van der Waals surface area contributed by atoms with Crippen LogP contribution < -0.4 is 5.73 Å². The molecule has 1 atom stereocenters. The molecule has 108 valence electrons. The minimum Gasteiger partial charge on any atom is -0.469 e. The molecule has 5 nitrogen and oxygen atoms in total. The van der Waals surface area contributed by atoms with Crippen molar-refractivity contribution in [2.24, 2.45) is 5.92 Å². The number of methoxy groups -OCH3 is 1. The second kappa shape index (κ2) is 6.13. The van der Waals surface area contributed by atoms with Crippen molar-refractivity contribution in [3.05, 3.63) is 28.8 Å². The van der Waals surface area contributed by atoms with Crippen molar-refractivity contribution >= 4 is 29.2 Å². The third kappa shape index (κ3) is 2.88. The second-order valence-electron chi connectivity index (χ2n) is 4.82. The van der Waals surface area contributed by atoms with Crippen LogP contribution in [0.5, 0.6) is 0 Å². The summed E-state index contributed by atoms with van der Waals surface area (Å²) in [6.45, 7) is 0.966. The van der Waals surface area contributed by atoms with Crippen LogP contribution in [0.1, 0.15) is 23.2 Å². The molecular weight excluding hydrogens is 280 g/mol. The summed E-state index contributed by atoms with van der Waals surface area (Å²) in [5.41, 5.74) is 6.45. The van der Waals surface area contributed by atoms with E-state index < -0.39 is 0 Å². The highest BCUT2D eigenvalue weighted by molar-refractivity contribution is 6.36. The van der Waals surface area contributed by atoms with E-state index in [-0.39, 0.29) is 22.8 Å².